The highest BCUT2D eigenvalue weighted by molar-refractivity contribution is 6.32. The Morgan fingerprint density at radius 3 is 2.69 bits per heavy atom. The van der Waals surface area contributed by atoms with Crippen LogP contribution in [0.3, 0.4) is 0 Å². The number of benzene rings is 2. The number of rotatable bonds is 3. The molecule has 0 aliphatic carbocycles. The van der Waals surface area contributed by atoms with Gasteiger partial charge in [0.15, 0.2) is 0 Å². The van der Waals surface area contributed by atoms with Gasteiger partial charge in [-0.1, -0.05) is 41.9 Å². The van der Waals surface area contributed by atoms with Gasteiger partial charge in [0.2, 0.25) is 0 Å². The van der Waals surface area contributed by atoms with Crippen LogP contribution in [0.15, 0.2) is 46.9 Å². The van der Waals surface area contributed by atoms with Crippen molar-refractivity contribution in [2.24, 2.45) is 0 Å². The number of aliphatic carboxylic acids is 1. The third kappa shape index (κ3) is 2.91. The van der Waals surface area contributed by atoms with Crippen molar-refractivity contribution in [2.45, 2.75) is 13.0 Å². The van der Waals surface area contributed by atoms with Crippen molar-refractivity contribution in [2.75, 3.05) is 13.6 Å². The van der Waals surface area contributed by atoms with Crippen molar-refractivity contribution in [1.82, 2.24) is 4.90 Å². The van der Waals surface area contributed by atoms with E-state index >= 15 is 0 Å². The maximum absolute atomic E-state index is 11.8. The summed E-state index contributed by atoms with van der Waals surface area (Å²) in [6.07, 6.45) is 2.47. The van der Waals surface area contributed by atoms with Gasteiger partial charge in [-0.2, -0.15) is 0 Å². The van der Waals surface area contributed by atoms with E-state index < -0.39 is 5.97 Å². The minimum Gasteiger partial charge on any atom is -0.478 e. The highest BCUT2D eigenvalue weighted by Gasteiger charge is 2.23. The Morgan fingerprint density at radius 2 is 1.96 bits per heavy atom. The molecule has 0 amide bonds. The quantitative estimate of drug-likeness (QED) is 0.682. The number of nitrogens with zero attached hydrogens (tertiary/aromatic N) is 1. The molecular weight excluding hydrogens is 350 g/mol. The molecule has 1 aliphatic rings. The fourth-order valence-corrected chi connectivity index (χ4v) is 3.76. The number of halogens is 1. The van der Waals surface area contributed by atoms with Crippen LogP contribution < -0.4 is 0 Å². The van der Waals surface area contributed by atoms with E-state index in [2.05, 4.69) is 4.90 Å². The van der Waals surface area contributed by atoms with Crippen LogP contribution >= 0.6 is 11.6 Å². The Hall–Kier alpha value is -2.56. The number of hydrogen-bond acceptors (Lipinski definition) is 3. The highest BCUT2D eigenvalue weighted by atomic mass is 35.5. The molecule has 3 aromatic rings. The monoisotopic (exact) mass is 367 g/mol. The zero-order valence-electron chi connectivity index (χ0n) is 14.3. The van der Waals surface area contributed by atoms with Gasteiger partial charge in [-0.25, -0.2) is 4.79 Å². The second-order valence-electron chi connectivity index (χ2n) is 6.56. The van der Waals surface area contributed by atoms with E-state index in [0.29, 0.717) is 17.9 Å². The second-order valence-corrected chi connectivity index (χ2v) is 6.97. The van der Waals surface area contributed by atoms with E-state index in [1.54, 1.807) is 18.2 Å². The van der Waals surface area contributed by atoms with Crippen LogP contribution in [0.25, 0.3) is 22.6 Å². The predicted octanol–water partition coefficient (Wildman–Crippen LogP) is 4.70. The van der Waals surface area contributed by atoms with Crippen molar-refractivity contribution in [1.29, 1.82) is 0 Å². The van der Waals surface area contributed by atoms with Gasteiger partial charge >= 0.3 is 5.97 Å². The zero-order valence-corrected chi connectivity index (χ0v) is 15.1. The van der Waals surface area contributed by atoms with Crippen molar-refractivity contribution >= 4 is 40.2 Å². The Balaban J connectivity index is 1.95. The molecule has 0 spiro atoms. The predicted molar refractivity (Wildman–Crippen MR) is 103 cm³/mol. The summed E-state index contributed by atoms with van der Waals surface area (Å²) < 4.78 is 6.05. The van der Waals surface area contributed by atoms with Gasteiger partial charge in [0.25, 0.3) is 0 Å². The summed E-state index contributed by atoms with van der Waals surface area (Å²) >= 11 is 6.42. The molecule has 2 heterocycles. The molecular formula is C21H18ClNO3. The van der Waals surface area contributed by atoms with Crippen molar-refractivity contribution in [3.63, 3.8) is 0 Å². The smallest absolute Gasteiger partial charge is 0.336 e. The molecule has 0 saturated heterocycles. The lowest BCUT2D eigenvalue weighted by molar-refractivity contribution is -0.130. The van der Waals surface area contributed by atoms with Crippen molar-refractivity contribution in [3.8, 4) is 0 Å². The first-order valence-corrected chi connectivity index (χ1v) is 8.84. The Morgan fingerprint density at radius 1 is 1.19 bits per heavy atom. The lowest BCUT2D eigenvalue weighted by atomic mass is 10.0. The van der Waals surface area contributed by atoms with E-state index in [1.165, 1.54) is 0 Å². The molecule has 4 rings (SSSR count). The number of hydrogen-bond donors (Lipinski definition) is 1. The zero-order chi connectivity index (χ0) is 18.3. The highest BCUT2D eigenvalue weighted by Crippen LogP contribution is 2.37. The summed E-state index contributed by atoms with van der Waals surface area (Å²) in [5.74, 6) is -0.400. The van der Waals surface area contributed by atoms with Crippen LogP contribution in [0.5, 0.6) is 0 Å². The average molecular weight is 368 g/mol. The summed E-state index contributed by atoms with van der Waals surface area (Å²) in [4.78, 5) is 14.0. The van der Waals surface area contributed by atoms with Crippen LogP contribution in [-0.2, 0) is 17.8 Å². The van der Waals surface area contributed by atoms with E-state index in [9.17, 15) is 9.90 Å². The van der Waals surface area contributed by atoms with Crippen molar-refractivity contribution < 1.29 is 14.3 Å². The van der Waals surface area contributed by atoms with Crippen LogP contribution in [0, 0.1) is 0 Å². The fraction of sp³-hybridized carbons (Fsp3) is 0.190. The molecule has 26 heavy (non-hydrogen) atoms. The largest absolute Gasteiger partial charge is 0.478 e. The van der Waals surface area contributed by atoms with Gasteiger partial charge in [-0.05, 0) is 42.8 Å². The van der Waals surface area contributed by atoms with E-state index in [4.69, 9.17) is 16.0 Å². The number of carbonyl (C=O) groups is 1. The topological polar surface area (TPSA) is 53.7 Å². The standard InChI is InChI=1S/C21H18ClNO3/c1-23-10-9-14-17(22)7-8-18-20(14)16(12-23)19(26-18)11-15(21(24)25)13-5-3-2-4-6-13/h2-8,11H,9-10,12H2,1H3,(H,24,25)/b15-11+. The molecule has 5 heteroatoms. The Kier molecular flexibility index (Phi) is 4.31. The average Bonchev–Trinajstić information content (AvgIpc) is 2.85. The summed E-state index contributed by atoms with van der Waals surface area (Å²) in [6.45, 7) is 1.58. The van der Waals surface area contributed by atoms with Gasteiger partial charge in [0, 0.05) is 29.1 Å². The van der Waals surface area contributed by atoms with Gasteiger partial charge in [-0.15, -0.1) is 0 Å². The molecule has 0 fully saturated rings. The summed E-state index contributed by atoms with van der Waals surface area (Å²) in [5, 5.41) is 11.5. The summed E-state index contributed by atoms with van der Waals surface area (Å²) in [7, 11) is 2.04. The number of carboxylic acid groups (broad SMARTS) is 1. The fourth-order valence-electron chi connectivity index (χ4n) is 3.51. The normalized spacial score (nSPS) is 15.2. The molecule has 132 valence electrons. The van der Waals surface area contributed by atoms with Crippen molar-refractivity contribution in [3.05, 3.63) is 69.9 Å². The number of likely N-dealkylation sites (N-methyl/N-ethyl adjacent to an activating group) is 1. The van der Waals surface area contributed by atoms with Gasteiger partial charge < -0.3 is 14.4 Å². The Labute approximate surface area is 156 Å². The van der Waals surface area contributed by atoms with Crippen LogP contribution in [0.1, 0.15) is 22.5 Å². The van der Waals surface area contributed by atoms with Gasteiger partial charge in [-0.3, -0.25) is 0 Å². The SMILES string of the molecule is CN1CCc2c(Cl)ccc3oc(/C=C(/C(=O)O)c4ccccc4)c(c23)C1. The van der Waals surface area contributed by atoms with E-state index in [1.807, 2.05) is 37.4 Å². The van der Waals surface area contributed by atoms with E-state index in [-0.39, 0.29) is 5.57 Å². The maximum Gasteiger partial charge on any atom is 0.336 e. The molecule has 1 aromatic heterocycles. The lowest BCUT2D eigenvalue weighted by Crippen LogP contribution is -2.18. The molecule has 1 N–H and O–H groups in total. The van der Waals surface area contributed by atoms with Crippen LogP contribution in [0.4, 0.5) is 0 Å². The Bertz CT molecular complexity index is 1020. The first kappa shape index (κ1) is 16.9. The molecule has 0 saturated carbocycles. The summed E-state index contributed by atoms with van der Waals surface area (Å²) in [6, 6.07) is 12.8. The number of furan rings is 1. The molecule has 0 bridgehead atoms. The molecule has 0 unspecified atom stereocenters. The van der Waals surface area contributed by atoms with Gasteiger partial charge in [0.05, 0.1) is 5.57 Å². The molecule has 2 aromatic carbocycles. The summed E-state index contributed by atoms with van der Waals surface area (Å²) in [5.41, 5.74) is 3.67. The van der Waals surface area contributed by atoms with E-state index in [0.717, 1.165) is 40.1 Å². The lowest BCUT2D eigenvalue weighted by Gasteiger charge is -2.13. The van der Waals surface area contributed by atoms with Crippen LogP contribution in [0.2, 0.25) is 5.02 Å². The molecule has 0 atom stereocenters. The third-order valence-electron chi connectivity index (χ3n) is 4.80. The first-order valence-electron chi connectivity index (χ1n) is 8.46. The molecule has 0 radical (unpaired) electrons. The maximum atomic E-state index is 11.8. The molecule has 4 nitrogen and oxygen atoms in total. The van der Waals surface area contributed by atoms with Gasteiger partial charge in [0.1, 0.15) is 11.3 Å². The second kappa shape index (κ2) is 6.63. The third-order valence-corrected chi connectivity index (χ3v) is 5.15. The number of carboxylic acids is 1. The van der Waals surface area contributed by atoms with Crippen LogP contribution in [-0.4, -0.2) is 29.6 Å². The minimum atomic E-state index is -0.982. The minimum absolute atomic E-state index is 0.209. The first-order chi connectivity index (χ1) is 12.5. The molecule has 1 aliphatic heterocycles.